The SMILES string of the molecule is COc1ccc(-c2nnc3sc(-c4ccc(-c5nn6c(-c7ccc(OC)cc7)nnc6s5)s4)nn23)cc1. The fourth-order valence-corrected chi connectivity index (χ4v) is 6.63. The van der Waals surface area contributed by atoms with E-state index < -0.39 is 0 Å². The molecular weight excluding hydrogens is 529 g/mol. The molecule has 5 heterocycles. The van der Waals surface area contributed by atoms with Crippen molar-refractivity contribution in [2.24, 2.45) is 0 Å². The zero-order valence-corrected chi connectivity index (χ0v) is 21.8. The number of nitrogens with zero attached hydrogens (tertiary/aromatic N) is 8. The fraction of sp³-hybridized carbons (Fsp3) is 0.0833. The third kappa shape index (κ3) is 3.75. The highest BCUT2D eigenvalue weighted by atomic mass is 32.1. The van der Waals surface area contributed by atoms with Crippen LogP contribution >= 0.6 is 34.0 Å². The molecule has 0 unspecified atom stereocenters. The molecule has 2 aromatic carbocycles. The zero-order chi connectivity index (χ0) is 24.9. The number of rotatable bonds is 6. The Bertz CT molecular complexity index is 1730. The summed E-state index contributed by atoms with van der Waals surface area (Å²) >= 11 is 4.63. The van der Waals surface area contributed by atoms with Crippen LogP contribution in [0, 0.1) is 0 Å². The maximum atomic E-state index is 5.25. The van der Waals surface area contributed by atoms with Crippen molar-refractivity contribution < 1.29 is 9.47 Å². The Morgan fingerprint density at radius 3 is 1.38 bits per heavy atom. The molecular formula is C24H16N8O2S3. The van der Waals surface area contributed by atoms with Crippen molar-refractivity contribution in [3.63, 3.8) is 0 Å². The van der Waals surface area contributed by atoms with Crippen LogP contribution in [0.1, 0.15) is 0 Å². The van der Waals surface area contributed by atoms with Crippen LogP contribution in [0.25, 0.3) is 52.5 Å². The Hall–Kier alpha value is -4.20. The molecule has 7 aromatic rings. The predicted octanol–water partition coefficient (Wildman–Crippen LogP) is 5.43. The van der Waals surface area contributed by atoms with E-state index in [2.05, 4.69) is 32.5 Å². The molecule has 5 aromatic heterocycles. The largest absolute Gasteiger partial charge is 0.497 e. The lowest BCUT2D eigenvalue weighted by Crippen LogP contribution is -1.91. The van der Waals surface area contributed by atoms with Crippen LogP contribution in [-0.4, -0.2) is 53.8 Å². The second-order valence-electron chi connectivity index (χ2n) is 7.87. The van der Waals surface area contributed by atoms with E-state index in [1.54, 1.807) is 34.6 Å². The highest BCUT2D eigenvalue weighted by Crippen LogP contribution is 2.38. The maximum Gasteiger partial charge on any atom is 0.235 e. The number of benzene rings is 2. The number of aromatic nitrogens is 8. The molecule has 10 nitrogen and oxygen atoms in total. The predicted molar refractivity (Wildman–Crippen MR) is 144 cm³/mol. The van der Waals surface area contributed by atoms with Crippen LogP contribution in [0.15, 0.2) is 60.7 Å². The first-order chi connectivity index (χ1) is 18.2. The first-order valence-corrected chi connectivity index (χ1v) is 13.5. The third-order valence-electron chi connectivity index (χ3n) is 5.71. The van der Waals surface area contributed by atoms with Gasteiger partial charge in [-0.2, -0.15) is 19.2 Å². The molecule has 0 aliphatic rings. The van der Waals surface area contributed by atoms with E-state index in [9.17, 15) is 0 Å². The second-order valence-corrected chi connectivity index (χ2v) is 10.9. The lowest BCUT2D eigenvalue weighted by Gasteiger charge is -2.00. The minimum absolute atomic E-state index is 0.691. The van der Waals surface area contributed by atoms with Crippen LogP contribution in [0.5, 0.6) is 11.5 Å². The number of fused-ring (bicyclic) bond motifs is 2. The standard InChI is InChI=1S/C24H16N8O2S3/c1-33-15-7-3-13(4-8-15)19-25-27-23-31(19)29-21(36-23)17-11-12-18(35-17)22-30-32-20(26-28-24(32)37-22)14-5-9-16(34-2)10-6-14/h3-12H,1-2H3. The van der Waals surface area contributed by atoms with Crippen LogP contribution < -0.4 is 9.47 Å². The Labute approximate surface area is 221 Å². The van der Waals surface area contributed by atoms with Crippen molar-refractivity contribution in [2.75, 3.05) is 14.2 Å². The quantitative estimate of drug-likeness (QED) is 0.273. The summed E-state index contributed by atoms with van der Waals surface area (Å²) in [6.45, 7) is 0. The highest BCUT2D eigenvalue weighted by molar-refractivity contribution is 7.28. The van der Waals surface area contributed by atoms with E-state index in [-0.39, 0.29) is 0 Å². The van der Waals surface area contributed by atoms with Gasteiger partial charge in [0.15, 0.2) is 21.7 Å². The molecule has 37 heavy (non-hydrogen) atoms. The maximum absolute atomic E-state index is 5.25. The Morgan fingerprint density at radius 1 is 0.541 bits per heavy atom. The van der Waals surface area contributed by atoms with E-state index in [1.807, 2.05) is 48.5 Å². The van der Waals surface area contributed by atoms with Crippen molar-refractivity contribution in [2.45, 2.75) is 0 Å². The van der Waals surface area contributed by atoms with E-state index in [4.69, 9.17) is 19.7 Å². The number of methoxy groups -OCH3 is 2. The molecule has 13 heteroatoms. The fourth-order valence-electron chi connectivity index (χ4n) is 3.84. The van der Waals surface area contributed by atoms with Crippen molar-refractivity contribution in [3.05, 3.63) is 60.7 Å². The smallest absolute Gasteiger partial charge is 0.235 e. The number of ether oxygens (including phenoxy) is 2. The van der Waals surface area contributed by atoms with Gasteiger partial charge in [-0.15, -0.1) is 31.7 Å². The van der Waals surface area contributed by atoms with Crippen LogP contribution in [0.4, 0.5) is 0 Å². The molecule has 0 N–H and O–H groups in total. The molecule has 0 saturated heterocycles. The zero-order valence-electron chi connectivity index (χ0n) is 19.4. The molecule has 0 radical (unpaired) electrons. The van der Waals surface area contributed by atoms with Crippen molar-refractivity contribution in [1.82, 2.24) is 39.6 Å². The molecule has 0 aliphatic carbocycles. The summed E-state index contributed by atoms with van der Waals surface area (Å²) in [5.41, 5.74) is 1.84. The van der Waals surface area contributed by atoms with Gasteiger partial charge in [0.1, 0.15) is 11.5 Å². The van der Waals surface area contributed by atoms with Gasteiger partial charge >= 0.3 is 0 Å². The Morgan fingerprint density at radius 2 is 0.973 bits per heavy atom. The summed E-state index contributed by atoms with van der Waals surface area (Å²) in [4.78, 5) is 3.54. The van der Waals surface area contributed by atoms with Gasteiger partial charge in [-0.3, -0.25) is 0 Å². The molecule has 0 aliphatic heterocycles. The van der Waals surface area contributed by atoms with Gasteiger partial charge in [0.2, 0.25) is 9.92 Å². The topological polar surface area (TPSA) is 105 Å². The Kier molecular flexibility index (Phi) is 5.20. The van der Waals surface area contributed by atoms with Crippen molar-refractivity contribution in [1.29, 1.82) is 0 Å². The van der Waals surface area contributed by atoms with Crippen LogP contribution in [0.3, 0.4) is 0 Å². The summed E-state index contributed by atoms with van der Waals surface area (Å²) in [5.74, 6) is 2.96. The van der Waals surface area contributed by atoms with Crippen LogP contribution in [0.2, 0.25) is 0 Å². The summed E-state index contributed by atoms with van der Waals surface area (Å²) in [5, 5.41) is 28.7. The average molecular weight is 545 g/mol. The van der Waals surface area contributed by atoms with E-state index in [0.29, 0.717) is 11.6 Å². The normalized spacial score (nSPS) is 11.5. The minimum atomic E-state index is 0.691. The van der Waals surface area contributed by atoms with Gasteiger partial charge < -0.3 is 9.47 Å². The molecule has 0 amide bonds. The number of hydrogen-bond acceptors (Lipinski definition) is 11. The molecule has 0 spiro atoms. The lowest BCUT2D eigenvalue weighted by molar-refractivity contribution is 0.414. The Balaban J connectivity index is 1.20. The van der Waals surface area contributed by atoms with Crippen molar-refractivity contribution >= 4 is 43.9 Å². The van der Waals surface area contributed by atoms with Crippen molar-refractivity contribution in [3.8, 4) is 54.0 Å². The monoisotopic (exact) mass is 544 g/mol. The average Bonchev–Trinajstić information content (AvgIpc) is 3.74. The molecule has 7 rings (SSSR count). The first kappa shape index (κ1) is 22.0. The van der Waals surface area contributed by atoms with E-state index in [1.165, 1.54) is 22.7 Å². The molecule has 182 valence electrons. The second kappa shape index (κ2) is 8.73. The molecule has 0 atom stereocenters. The summed E-state index contributed by atoms with van der Waals surface area (Å²) in [7, 11) is 3.29. The minimum Gasteiger partial charge on any atom is -0.497 e. The summed E-state index contributed by atoms with van der Waals surface area (Å²) in [6, 6.07) is 19.5. The first-order valence-electron chi connectivity index (χ1n) is 11.0. The summed E-state index contributed by atoms with van der Waals surface area (Å²) < 4.78 is 14.1. The van der Waals surface area contributed by atoms with Gasteiger partial charge in [0, 0.05) is 11.1 Å². The molecule has 0 fully saturated rings. The van der Waals surface area contributed by atoms with Gasteiger partial charge in [0.25, 0.3) is 0 Å². The number of hydrogen-bond donors (Lipinski definition) is 0. The lowest BCUT2D eigenvalue weighted by atomic mass is 10.2. The van der Waals surface area contributed by atoms with Crippen LogP contribution in [-0.2, 0) is 0 Å². The highest BCUT2D eigenvalue weighted by Gasteiger charge is 2.19. The van der Waals surface area contributed by atoms with Gasteiger partial charge in [-0.05, 0) is 60.7 Å². The van der Waals surface area contributed by atoms with Gasteiger partial charge in [-0.1, -0.05) is 22.7 Å². The van der Waals surface area contributed by atoms with Gasteiger partial charge in [0.05, 0.1) is 24.0 Å². The molecule has 0 saturated carbocycles. The van der Waals surface area contributed by atoms with Gasteiger partial charge in [-0.25, -0.2) is 0 Å². The van der Waals surface area contributed by atoms with E-state index in [0.717, 1.165) is 52.3 Å². The summed E-state index contributed by atoms with van der Waals surface area (Å²) in [6.07, 6.45) is 0. The molecule has 0 bridgehead atoms. The third-order valence-corrected chi connectivity index (χ3v) is 8.93. The number of thiophene rings is 1. The van der Waals surface area contributed by atoms with E-state index >= 15 is 0 Å².